The van der Waals surface area contributed by atoms with Crippen molar-refractivity contribution in [3.8, 4) is 5.75 Å². The van der Waals surface area contributed by atoms with Crippen LogP contribution in [0.1, 0.15) is 29.2 Å². The van der Waals surface area contributed by atoms with Crippen molar-refractivity contribution in [3.63, 3.8) is 0 Å². The second-order valence-corrected chi connectivity index (χ2v) is 4.83. The van der Waals surface area contributed by atoms with Gasteiger partial charge in [-0.1, -0.05) is 0 Å². The molecule has 0 atom stereocenters. The van der Waals surface area contributed by atoms with Gasteiger partial charge in [-0.25, -0.2) is 13.6 Å². The van der Waals surface area contributed by atoms with E-state index in [0.29, 0.717) is 12.8 Å². The molecule has 3 rings (SSSR count). The molecule has 0 saturated heterocycles. The van der Waals surface area contributed by atoms with Crippen LogP contribution in [0.4, 0.5) is 13.2 Å². The lowest BCUT2D eigenvalue weighted by Crippen LogP contribution is -2.20. The summed E-state index contributed by atoms with van der Waals surface area (Å²) in [7, 11) is 0. The Morgan fingerprint density at radius 3 is 2.33 bits per heavy atom. The molecule has 5 nitrogen and oxygen atoms in total. The number of hydrogen-bond donors (Lipinski definition) is 2. The molecule has 1 aromatic carbocycles. The van der Waals surface area contributed by atoms with Gasteiger partial charge in [0, 0.05) is 12.2 Å². The summed E-state index contributed by atoms with van der Waals surface area (Å²) in [4.78, 5) is 23.0. The zero-order valence-corrected chi connectivity index (χ0v) is 10.4. The molecule has 1 aliphatic rings. The summed E-state index contributed by atoms with van der Waals surface area (Å²) >= 11 is 0. The lowest BCUT2D eigenvalue weighted by Gasteiger charge is -2.14. The van der Waals surface area contributed by atoms with Crippen LogP contribution in [0.15, 0.2) is 11.0 Å². The van der Waals surface area contributed by atoms with Gasteiger partial charge in [0.05, 0.1) is 10.9 Å². The van der Waals surface area contributed by atoms with E-state index in [-0.39, 0.29) is 6.04 Å². The fraction of sp³-hybridized carbons (Fsp3) is 0.231. The predicted molar refractivity (Wildman–Crippen MR) is 65.0 cm³/mol. The van der Waals surface area contributed by atoms with E-state index < -0.39 is 51.1 Å². The molecule has 1 aliphatic carbocycles. The number of carboxylic acid groups (broad SMARTS) is 1. The van der Waals surface area contributed by atoms with Crippen molar-refractivity contribution in [2.45, 2.75) is 18.9 Å². The maximum Gasteiger partial charge on any atom is 0.341 e. The monoisotopic (exact) mass is 299 g/mol. The van der Waals surface area contributed by atoms with Crippen molar-refractivity contribution in [3.05, 3.63) is 39.4 Å². The molecule has 1 aromatic heterocycles. The third kappa shape index (κ3) is 1.78. The summed E-state index contributed by atoms with van der Waals surface area (Å²) in [6.45, 7) is 0. The first-order valence-electron chi connectivity index (χ1n) is 6.02. The quantitative estimate of drug-likeness (QED) is 0.833. The molecule has 1 fully saturated rings. The standard InChI is InChI=1S/C13H8F3NO4/c14-7-8(15)10-6(12(19)9(7)16)11(18)5(13(20)21)3-17(10)4-1-2-4/h3-4,19H,1-2H2,(H,20,21). The lowest BCUT2D eigenvalue weighted by molar-refractivity contribution is 0.0695. The largest absolute Gasteiger partial charge is 0.504 e. The Morgan fingerprint density at radius 2 is 1.81 bits per heavy atom. The first-order valence-corrected chi connectivity index (χ1v) is 6.02. The van der Waals surface area contributed by atoms with Crippen LogP contribution in [-0.2, 0) is 0 Å². The topological polar surface area (TPSA) is 79.5 Å². The SMILES string of the molecule is O=C(O)c1cn(C2CC2)c2c(F)c(F)c(F)c(O)c2c1=O. The van der Waals surface area contributed by atoms with Gasteiger partial charge in [0.2, 0.25) is 11.2 Å². The van der Waals surface area contributed by atoms with Gasteiger partial charge in [-0.15, -0.1) is 0 Å². The number of rotatable bonds is 2. The molecule has 0 amide bonds. The van der Waals surface area contributed by atoms with Gasteiger partial charge in [0.25, 0.3) is 0 Å². The Kier molecular flexibility index (Phi) is 2.72. The first-order chi connectivity index (χ1) is 9.84. The van der Waals surface area contributed by atoms with Crippen LogP contribution in [0.25, 0.3) is 10.9 Å². The molecule has 110 valence electrons. The number of benzene rings is 1. The van der Waals surface area contributed by atoms with Crippen LogP contribution in [0, 0.1) is 17.5 Å². The number of nitrogens with zero attached hydrogens (tertiary/aromatic N) is 1. The number of aromatic hydroxyl groups is 1. The normalized spacial score (nSPS) is 14.6. The zero-order valence-electron chi connectivity index (χ0n) is 10.4. The number of carboxylic acids is 1. The highest BCUT2D eigenvalue weighted by Crippen LogP contribution is 2.40. The molecular formula is C13H8F3NO4. The first kappa shape index (κ1) is 13.5. The van der Waals surface area contributed by atoms with Crippen LogP contribution in [0.3, 0.4) is 0 Å². The Bertz CT molecular complexity index is 855. The van der Waals surface area contributed by atoms with Crippen LogP contribution in [0.2, 0.25) is 0 Å². The van der Waals surface area contributed by atoms with E-state index in [1.54, 1.807) is 0 Å². The van der Waals surface area contributed by atoms with Crippen molar-refractivity contribution >= 4 is 16.9 Å². The van der Waals surface area contributed by atoms with E-state index in [2.05, 4.69) is 0 Å². The van der Waals surface area contributed by atoms with Crippen molar-refractivity contribution in [1.29, 1.82) is 0 Å². The summed E-state index contributed by atoms with van der Waals surface area (Å²) < 4.78 is 41.9. The average Bonchev–Trinajstić information content (AvgIpc) is 3.26. The van der Waals surface area contributed by atoms with E-state index in [9.17, 15) is 27.9 Å². The van der Waals surface area contributed by atoms with Gasteiger partial charge in [0.1, 0.15) is 5.56 Å². The molecule has 1 heterocycles. The van der Waals surface area contributed by atoms with Gasteiger partial charge in [-0.3, -0.25) is 4.79 Å². The number of aromatic nitrogens is 1. The highest BCUT2D eigenvalue weighted by molar-refractivity contribution is 5.95. The minimum absolute atomic E-state index is 0.315. The minimum Gasteiger partial charge on any atom is -0.504 e. The third-order valence-corrected chi connectivity index (χ3v) is 3.44. The molecular weight excluding hydrogens is 291 g/mol. The van der Waals surface area contributed by atoms with Gasteiger partial charge in [-0.05, 0) is 12.8 Å². The zero-order chi connectivity index (χ0) is 15.5. The van der Waals surface area contributed by atoms with Crippen LogP contribution in [-0.4, -0.2) is 20.7 Å². The number of fused-ring (bicyclic) bond motifs is 1. The van der Waals surface area contributed by atoms with Crippen LogP contribution >= 0.6 is 0 Å². The highest BCUT2D eigenvalue weighted by atomic mass is 19.2. The van der Waals surface area contributed by atoms with Crippen LogP contribution < -0.4 is 5.43 Å². The number of halogens is 3. The Balaban J connectivity index is 2.59. The molecule has 0 radical (unpaired) electrons. The highest BCUT2D eigenvalue weighted by Gasteiger charge is 2.32. The predicted octanol–water partition coefficient (Wildman–Crippen LogP) is 2.16. The van der Waals surface area contributed by atoms with Crippen molar-refractivity contribution in [2.24, 2.45) is 0 Å². The van der Waals surface area contributed by atoms with Crippen molar-refractivity contribution < 1.29 is 28.2 Å². The minimum atomic E-state index is -1.91. The number of phenols is 1. The summed E-state index contributed by atoms with van der Waals surface area (Å²) in [6, 6.07) is -0.315. The van der Waals surface area contributed by atoms with Gasteiger partial charge in [-0.2, -0.15) is 4.39 Å². The van der Waals surface area contributed by atoms with Gasteiger partial charge < -0.3 is 14.8 Å². The van der Waals surface area contributed by atoms with Crippen molar-refractivity contribution in [2.75, 3.05) is 0 Å². The molecule has 0 spiro atoms. The summed E-state index contributed by atoms with van der Waals surface area (Å²) in [5.41, 5.74) is -2.62. The molecule has 8 heteroatoms. The number of pyridine rings is 1. The molecule has 0 aliphatic heterocycles. The van der Waals surface area contributed by atoms with E-state index in [1.165, 1.54) is 0 Å². The second-order valence-electron chi connectivity index (χ2n) is 4.83. The maximum atomic E-state index is 14.0. The van der Waals surface area contributed by atoms with E-state index in [4.69, 9.17) is 5.11 Å². The summed E-state index contributed by atoms with van der Waals surface area (Å²) in [5, 5.41) is 17.7. The number of aromatic carboxylic acids is 1. The molecule has 0 unspecified atom stereocenters. The van der Waals surface area contributed by atoms with E-state index >= 15 is 0 Å². The van der Waals surface area contributed by atoms with E-state index in [0.717, 1.165) is 10.8 Å². The van der Waals surface area contributed by atoms with Crippen molar-refractivity contribution in [1.82, 2.24) is 4.57 Å². The molecule has 1 saturated carbocycles. The summed E-state index contributed by atoms with van der Waals surface area (Å²) in [5.74, 6) is -8.42. The fourth-order valence-electron chi connectivity index (χ4n) is 2.28. The number of carbonyl (C=O) groups is 1. The third-order valence-electron chi connectivity index (χ3n) is 3.44. The molecule has 2 N–H and O–H groups in total. The van der Waals surface area contributed by atoms with Gasteiger partial charge >= 0.3 is 5.97 Å². The smallest absolute Gasteiger partial charge is 0.341 e. The summed E-state index contributed by atoms with van der Waals surface area (Å²) in [6.07, 6.45) is 2.05. The molecule has 2 aromatic rings. The lowest BCUT2D eigenvalue weighted by atomic mass is 10.1. The Labute approximate surface area is 114 Å². The molecule has 21 heavy (non-hydrogen) atoms. The number of hydrogen-bond acceptors (Lipinski definition) is 3. The Hall–Kier alpha value is -2.51. The maximum absolute atomic E-state index is 14.0. The van der Waals surface area contributed by atoms with Gasteiger partial charge in [0.15, 0.2) is 17.4 Å². The second kappa shape index (κ2) is 4.24. The number of phenolic OH excluding ortho intramolecular Hbond substituents is 1. The Morgan fingerprint density at radius 1 is 1.19 bits per heavy atom. The molecule has 0 bridgehead atoms. The van der Waals surface area contributed by atoms with E-state index in [1.807, 2.05) is 0 Å². The van der Waals surface area contributed by atoms with Crippen LogP contribution in [0.5, 0.6) is 5.75 Å². The average molecular weight is 299 g/mol. The fourth-order valence-corrected chi connectivity index (χ4v) is 2.28.